The van der Waals surface area contributed by atoms with Crippen LogP contribution in [0.3, 0.4) is 0 Å². The van der Waals surface area contributed by atoms with Gasteiger partial charge in [0.05, 0.1) is 16.7 Å². The number of benzene rings is 3. The molecule has 3 aromatic rings. The molecule has 2 nitrogen and oxygen atoms in total. The minimum absolute atomic E-state index is 0.268. The zero-order valence-corrected chi connectivity index (χ0v) is 17.4. The maximum Gasteiger partial charge on any atom is 0.127 e. The molecule has 3 rings (SSSR count). The van der Waals surface area contributed by atoms with E-state index in [0.717, 1.165) is 11.1 Å². The fraction of sp³-hybridized carbons (Fsp3) is 0.0455. The first kappa shape index (κ1) is 20.6. The smallest absolute Gasteiger partial charge is 0.127 e. The van der Waals surface area contributed by atoms with Gasteiger partial charge in [0.25, 0.3) is 0 Å². The monoisotopic (exact) mass is 447 g/mol. The third-order valence-corrected chi connectivity index (χ3v) is 5.09. The maximum absolute atomic E-state index is 9.62. The number of nitrogens with zero attached hydrogens (tertiary/aromatic N) is 1. The number of ether oxygens (including phenoxy) is 1. The second-order valence-electron chi connectivity index (χ2n) is 5.86. The average molecular weight is 449 g/mol. The number of halogens is 4. The summed E-state index contributed by atoms with van der Waals surface area (Å²) in [6.45, 7) is 0.268. The van der Waals surface area contributed by atoms with Gasteiger partial charge in [0, 0.05) is 31.8 Å². The van der Waals surface area contributed by atoms with Crippen LogP contribution in [0, 0.1) is 11.3 Å². The summed E-state index contributed by atoms with van der Waals surface area (Å²) >= 11 is 24.3. The molecule has 28 heavy (non-hydrogen) atoms. The van der Waals surface area contributed by atoms with Crippen LogP contribution in [0.2, 0.25) is 20.1 Å². The molecule has 0 radical (unpaired) electrons. The van der Waals surface area contributed by atoms with Crippen LogP contribution in [0.25, 0.3) is 11.6 Å². The van der Waals surface area contributed by atoms with E-state index < -0.39 is 0 Å². The molecule has 0 aliphatic rings. The van der Waals surface area contributed by atoms with Crippen molar-refractivity contribution in [2.24, 2.45) is 0 Å². The Morgan fingerprint density at radius 1 is 0.893 bits per heavy atom. The number of hydrogen-bond donors (Lipinski definition) is 0. The van der Waals surface area contributed by atoms with Gasteiger partial charge in [-0.25, -0.2) is 0 Å². The van der Waals surface area contributed by atoms with Crippen LogP contribution in [-0.2, 0) is 6.61 Å². The average Bonchev–Trinajstić information content (AvgIpc) is 2.67. The number of hydrogen-bond acceptors (Lipinski definition) is 2. The van der Waals surface area contributed by atoms with Crippen molar-refractivity contribution < 1.29 is 4.74 Å². The molecule has 3 aromatic carbocycles. The largest absolute Gasteiger partial charge is 0.488 e. The Labute approximate surface area is 183 Å². The number of rotatable bonds is 5. The van der Waals surface area contributed by atoms with Crippen LogP contribution < -0.4 is 4.74 Å². The van der Waals surface area contributed by atoms with Gasteiger partial charge in [-0.3, -0.25) is 0 Å². The molecule has 0 N–H and O–H groups in total. The molecule has 0 atom stereocenters. The van der Waals surface area contributed by atoms with E-state index in [1.807, 2.05) is 30.3 Å². The Balaban J connectivity index is 1.90. The topological polar surface area (TPSA) is 33.0 Å². The van der Waals surface area contributed by atoms with Crippen molar-refractivity contribution in [3.8, 4) is 11.8 Å². The zero-order chi connectivity index (χ0) is 20.1. The van der Waals surface area contributed by atoms with E-state index in [9.17, 15) is 5.26 Å². The number of para-hydroxylation sites is 1. The van der Waals surface area contributed by atoms with Gasteiger partial charge in [0.1, 0.15) is 12.4 Å². The van der Waals surface area contributed by atoms with Crippen molar-refractivity contribution in [3.05, 3.63) is 97.4 Å². The van der Waals surface area contributed by atoms with E-state index in [2.05, 4.69) is 6.07 Å². The Hall–Kier alpha value is -2.15. The molecule has 0 aromatic heterocycles. The lowest BCUT2D eigenvalue weighted by molar-refractivity contribution is 0.305. The lowest BCUT2D eigenvalue weighted by atomic mass is 10.0. The summed E-state index contributed by atoms with van der Waals surface area (Å²) in [6.07, 6.45) is 1.73. The normalized spacial score (nSPS) is 11.2. The summed E-state index contributed by atoms with van der Waals surface area (Å²) in [4.78, 5) is 0. The van der Waals surface area contributed by atoms with E-state index >= 15 is 0 Å². The summed E-state index contributed by atoms with van der Waals surface area (Å²) in [7, 11) is 0. The molecule has 0 bridgehead atoms. The van der Waals surface area contributed by atoms with Crippen LogP contribution in [0.15, 0.2) is 60.7 Å². The zero-order valence-electron chi connectivity index (χ0n) is 14.4. The molecule has 0 heterocycles. The summed E-state index contributed by atoms with van der Waals surface area (Å²) in [5.74, 6) is 0.617. The van der Waals surface area contributed by atoms with Crippen molar-refractivity contribution >= 4 is 58.1 Å². The Bertz CT molecular complexity index is 1090. The van der Waals surface area contributed by atoms with E-state index in [-0.39, 0.29) is 6.61 Å². The van der Waals surface area contributed by atoms with Gasteiger partial charge >= 0.3 is 0 Å². The Kier molecular flexibility index (Phi) is 6.88. The first-order valence-electron chi connectivity index (χ1n) is 8.21. The summed E-state index contributed by atoms with van der Waals surface area (Å²) < 4.78 is 5.94. The van der Waals surface area contributed by atoms with Crippen molar-refractivity contribution in [2.45, 2.75) is 6.61 Å². The maximum atomic E-state index is 9.62. The van der Waals surface area contributed by atoms with Crippen LogP contribution in [0.4, 0.5) is 0 Å². The van der Waals surface area contributed by atoms with Gasteiger partial charge in [-0.1, -0.05) is 76.7 Å². The Morgan fingerprint density at radius 2 is 1.57 bits per heavy atom. The molecule has 0 amide bonds. The summed E-state index contributed by atoms with van der Waals surface area (Å²) in [5, 5.41) is 11.6. The highest BCUT2D eigenvalue weighted by Gasteiger charge is 2.10. The fourth-order valence-electron chi connectivity index (χ4n) is 2.56. The molecule has 0 aliphatic heterocycles. The molecule has 0 unspecified atom stereocenters. The molecule has 0 saturated carbocycles. The lowest BCUT2D eigenvalue weighted by Gasteiger charge is -2.11. The predicted octanol–water partition coefficient (Wildman–Crippen LogP) is 7.94. The van der Waals surface area contributed by atoms with Crippen LogP contribution >= 0.6 is 46.4 Å². The van der Waals surface area contributed by atoms with Crippen LogP contribution in [-0.4, -0.2) is 0 Å². The van der Waals surface area contributed by atoms with Gasteiger partial charge in [0.2, 0.25) is 0 Å². The second-order valence-corrected chi connectivity index (χ2v) is 7.54. The first-order chi connectivity index (χ1) is 13.5. The predicted molar refractivity (Wildman–Crippen MR) is 117 cm³/mol. The highest BCUT2D eigenvalue weighted by atomic mass is 35.5. The molecular formula is C22H13Cl4NO. The quantitative estimate of drug-likeness (QED) is 0.293. The van der Waals surface area contributed by atoms with Crippen LogP contribution in [0.1, 0.15) is 16.7 Å². The molecule has 140 valence electrons. The van der Waals surface area contributed by atoms with Crippen molar-refractivity contribution in [1.82, 2.24) is 0 Å². The summed E-state index contributed by atoms with van der Waals surface area (Å²) in [5.41, 5.74) is 2.56. The number of allylic oxidation sites excluding steroid dienone is 1. The van der Waals surface area contributed by atoms with Gasteiger partial charge in [-0.15, -0.1) is 0 Å². The molecular weight excluding hydrogens is 436 g/mol. The van der Waals surface area contributed by atoms with E-state index in [1.54, 1.807) is 36.4 Å². The Morgan fingerprint density at radius 3 is 2.25 bits per heavy atom. The summed E-state index contributed by atoms with van der Waals surface area (Å²) in [6, 6.07) is 19.9. The van der Waals surface area contributed by atoms with E-state index in [4.69, 9.17) is 51.1 Å². The molecule has 0 saturated heterocycles. The number of nitriles is 1. The van der Waals surface area contributed by atoms with Gasteiger partial charge in [-0.2, -0.15) is 5.26 Å². The second kappa shape index (κ2) is 9.37. The van der Waals surface area contributed by atoms with Gasteiger partial charge in [-0.05, 0) is 36.4 Å². The molecule has 0 spiro atoms. The van der Waals surface area contributed by atoms with Crippen molar-refractivity contribution in [3.63, 3.8) is 0 Å². The van der Waals surface area contributed by atoms with Gasteiger partial charge in [0.15, 0.2) is 0 Å². The fourth-order valence-corrected chi connectivity index (χ4v) is 3.53. The first-order valence-corrected chi connectivity index (χ1v) is 9.72. The van der Waals surface area contributed by atoms with Crippen LogP contribution in [0.5, 0.6) is 5.75 Å². The van der Waals surface area contributed by atoms with Crippen molar-refractivity contribution in [1.29, 1.82) is 5.26 Å². The van der Waals surface area contributed by atoms with E-state index in [0.29, 0.717) is 37.0 Å². The SMILES string of the molecule is N#C/C(=C\c1ccccc1OCc1ccc(Cl)cc1Cl)c1ccc(Cl)cc1Cl. The third-order valence-electron chi connectivity index (χ3n) is 3.96. The molecule has 0 fully saturated rings. The lowest BCUT2D eigenvalue weighted by Crippen LogP contribution is -1.98. The third kappa shape index (κ3) is 5.01. The minimum Gasteiger partial charge on any atom is -0.488 e. The van der Waals surface area contributed by atoms with E-state index in [1.165, 1.54) is 0 Å². The molecule has 0 aliphatic carbocycles. The highest BCUT2D eigenvalue weighted by Crippen LogP contribution is 2.31. The highest BCUT2D eigenvalue weighted by molar-refractivity contribution is 6.36. The van der Waals surface area contributed by atoms with Gasteiger partial charge < -0.3 is 4.74 Å². The minimum atomic E-state index is 0.268. The molecule has 6 heteroatoms. The van der Waals surface area contributed by atoms with Crippen molar-refractivity contribution in [2.75, 3.05) is 0 Å². The standard InChI is InChI=1S/C22H13Cl4NO/c23-17-6-5-15(20(25)10-17)13-28-22-4-2-1-3-14(22)9-16(12-27)19-8-7-18(24)11-21(19)26/h1-11H,13H2/b16-9+.